The number of amides is 2. The molecule has 0 saturated carbocycles. The van der Waals surface area contributed by atoms with Crippen molar-refractivity contribution in [3.05, 3.63) is 72.3 Å². The maximum Gasteiger partial charge on any atom is 0.265 e. The van der Waals surface area contributed by atoms with Gasteiger partial charge in [-0.15, -0.1) is 0 Å². The fourth-order valence-corrected chi connectivity index (χ4v) is 6.12. The summed E-state index contributed by atoms with van der Waals surface area (Å²) in [6, 6.07) is 17.0. The number of carbonyl (C=O) groups excluding carboxylic acids is 2. The first kappa shape index (κ1) is 34.0. The molecule has 12 heteroatoms. The maximum absolute atomic E-state index is 14.4. The van der Waals surface area contributed by atoms with E-state index < -0.39 is 28.5 Å². The lowest BCUT2D eigenvalue weighted by Gasteiger charge is -2.34. The number of nitrogens with zero attached hydrogens (tertiary/aromatic N) is 2. The molecule has 238 valence electrons. The van der Waals surface area contributed by atoms with Gasteiger partial charge in [-0.05, 0) is 50.1 Å². The van der Waals surface area contributed by atoms with Crippen LogP contribution in [-0.2, 0) is 26.2 Å². The van der Waals surface area contributed by atoms with Crippen LogP contribution in [0.25, 0.3) is 0 Å². The van der Waals surface area contributed by atoms with Gasteiger partial charge in [-0.25, -0.2) is 8.42 Å². The van der Waals surface area contributed by atoms with Gasteiger partial charge in [-0.2, -0.15) is 0 Å². The number of hydrogen-bond donors (Lipinski definition) is 1. The summed E-state index contributed by atoms with van der Waals surface area (Å²) in [5, 5.41) is 2.89. The Hall–Kier alpha value is -4.45. The minimum Gasteiger partial charge on any atom is -0.497 e. The topological polar surface area (TPSA) is 124 Å². The smallest absolute Gasteiger partial charge is 0.265 e. The van der Waals surface area contributed by atoms with E-state index in [0.717, 1.165) is 9.87 Å². The first-order chi connectivity index (χ1) is 21.0. The summed E-state index contributed by atoms with van der Waals surface area (Å²) < 4.78 is 51.3. The molecule has 0 unspecified atom stereocenters. The van der Waals surface area contributed by atoms with Crippen LogP contribution in [0.4, 0.5) is 5.69 Å². The molecule has 0 bridgehead atoms. The highest BCUT2D eigenvalue weighted by atomic mass is 32.2. The molecular weight excluding hydrogens is 586 g/mol. The van der Waals surface area contributed by atoms with Crippen LogP contribution in [0.2, 0.25) is 0 Å². The summed E-state index contributed by atoms with van der Waals surface area (Å²) in [4.78, 5) is 28.9. The minimum atomic E-state index is -4.43. The normalized spacial score (nSPS) is 11.8. The zero-order valence-corrected chi connectivity index (χ0v) is 27.0. The van der Waals surface area contributed by atoms with Crippen LogP contribution >= 0.6 is 0 Å². The molecule has 1 atom stereocenters. The van der Waals surface area contributed by atoms with Gasteiger partial charge in [0, 0.05) is 24.7 Å². The fraction of sp³-hybridized carbons (Fsp3) is 0.375. The van der Waals surface area contributed by atoms with E-state index in [4.69, 9.17) is 18.9 Å². The molecule has 0 aromatic heterocycles. The Kier molecular flexibility index (Phi) is 11.9. The molecule has 11 nitrogen and oxygen atoms in total. The number of rotatable bonds is 15. The molecule has 3 aromatic rings. The van der Waals surface area contributed by atoms with Crippen molar-refractivity contribution in [3.8, 4) is 23.0 Å². The van der Waals surface area contributed by atoms with Crippen LogP contribution in [0.3, 0.4) is 0 Å². The van der Waals surface area contributed by atoms with Crippen molar-refractivity contribution in [1.82, 2.24) is 10.2 Å². The maximum atomic E-state index is 14.4. The molecule has 0 radical (unpaired) electrons. The second-order valence-electron chi connectivity index (χ2n) is 10.2. The van der Waals surface area contributed by atoms with E-state index in [1.54, 1.807) is 19.1 Å². The Morgan fingerprint density at radius 3 is 2.02 bits per heavy atom. The van der Waals surface area contributed by atoms with E-state index in [-0.39, 0.29) is 40.6 Å². The van der Waals surface area contributed by atoms with Crippen LogP contribution < -0.4 is 28.6 Å². The monoisotopic (exact) mass is 627 g/mol. The van der Waals surface area contributed by atoms with Gasteiger partial charge in [0.25, 0.3) is 10.0 Å². The number of benzene rings is 3. The SMILES string of the molecule is CC[C@H](C(=O)NC(C)C)N(Cc1ccccc1)C(=O)CN(c1cc(OC)ccc1OC)S(=O)(=O)c1ccc(OC)c(OC)c1. The molecule has 0 saturated heterocycles. The van der Waals surface area contributed by atoms with Gasteiger partial charge in [0.05, 0.1) is 39.0 Å². The van der Waals surface area contributed by atoms with E-state index in [0.29, 0.717) is 17.9 Å². The second kappa shape index (κ2) is 15.3. The van der Waals surface area contributed by atoms with Crippen molar-refractivity contribution in [2.24, 2.45) is 0 Å². The quantitative estimate of drug-likeness (QED) is 0.265. The highest BCUT2D eigenvalue weighted by Crippen LogP contribution is 2.37. The average Bonchev–Trinajstić information content (AvgIpc) is 3.02. The van der Waals surface area contributed by atoms with Gasteiger partial charge in [-0.3, -0.25) is 13.9 Å². The van der Waals surface area contributed by atoms with Crippen molar-refractivity contribution >= 4 is 27.5 Å². The second-order valence-corrected chi connectivity index (χ2v) is 12.0. The van der Waals surface area contributed by atoms with E-state index >= 15 is 0 Å². The highest BCUT2D eigenvalue weighted by Gasteiger charge is 2.35. The molecule has 2 amide bonds. The Morgan fingerprint density at radius 2 is 1.45 bits per heavy atom. The summed E-state index contributed by atoms with van der Waals surface area (Å²) in [5.74, 6) is 0.156. The summed E-state index contributed by atoms with van der Waals surface area (Å²) in [6.07, 6.45) is 0.308. The molecule has 3 rings (SSSR count). The highest BCUT2D eigenvalue weighted by molar-refractivity contribution is 7.92. The number of nitrogens with one attached hydrogen (secondary N) is 1. The number of ether oxygens (including phenoxy) is 4. The molecule has 0 fully saturated rings. The Balaban J connectivity index is 2.19. The van der Waals surface area contributed by atoms with E-state index in [2.05, 4.69) is 5.32 Å². The fourth-order valence-electron chi connectivity index (χ4n) is 4.69. The lowest BCUT2D eigenvalue weighted by Crippen LogP contribution is -2.53. The van der Waals surface area contributed by atoms with E-state index in [9.17, 15) is 18.0 Å². The number of sulfonamides is 1. The standard InChI is InChI=1S/C32H41N3O8S/c1-8-26(32(37)33-22(2)3)34(20-23-12-10-9-11-13-23)31(36)21-35(27-18-24(40-4)14-16-28(27)41-5)44(38,39)25-15-17-29(42-6)30(19-25)43-7/h9-19,22,26H,8,20-21H2,1-7H3,(H,33,37)/t26-/m1/s1. The molecular formula is C32H41N3O8S. The summed E-state index contributed by atoms with van der Waals surface area (Å²) in [5.41, 5.74) is 0.860. The van der Waals surface area contributed by atoms with Crippen LogP contribution in [-0.4, -0.2) is 72.2 Å². The number of hydrogen-bond acceptors (Lipinski definition) is 8. The van der Waals surface area contributed by atoms with Crippen LogP contribution in [0, 0.1) is 0 Å². The number of carbonyl (C=O) groups is 2. The van der Waals surface area contributed by atoms with Crippen molar-refractivity contribution < 1.29 is 37.0 Å². The summed E-state index contributed by atoms with van der Waals surface area (Å²) in [7, 11) is 1.26. The molecule has 0 aliphatic carbocycles. The molecule has 44 heavy (non-hydrogen) atoms. The van der Waals surface area contributed by atoms with Crippen LogP contribution in [0.5, 0.6) is 23.0 Å². The Morgan fingerprint density at radius 1 is 0.818 bits per heavy atom. The van der Waals surface area contributed by atoms with E-state index in [1.165, 1.54) is 57.6 Å². The summed E-state index contributed by atoms with van der Waals surface area (Å²) in [6.45, 7) is 4.92. The van der Waals surface area contributed by atoms with Crippen molar-refractivity contribution in [2.75, 3.05) is 39.3 Å². The molecule has 1 N–H and O–H groups in total. The van der Waals surface area contributed by atoms with Gasteiger partial charge >= 0.3 is 0 Å². The molecule has 0 heterocycles. The molecule has 0 aliphatic heterocycles. The van der Waals surface area contributed by atoms with Gasteiger partial charge in [0.15, 0.2) is 11.5 Å². The lowest BCUT2D eigenvalue weighted by molar-refractivity contribution is -0.140. The first-order valence-corrected chi connectivity index (χ1v) is 15.5. The third-order valence-electron chi connectivity index (χ3n) is 6.89. The molecule has 0 aliphatic rings. The number of anilines is 1. The Bertz CT molecular complexity index is 1530. The minimum absolute atomic E-state index is 0.0781. The van der Waals surface area contributed by atoms with Gasteiger partial charge in [0.2, 0.25) is 11.8 Å². The van der Waals surface area contributed by atoms with E-state index in [1.807, 2.05) is 44.2 Å². The van der Waals surface area contributed by atoms with Gasteiger partial charge in [-0.1, -0.05) is 37.3 Å². The van der Waals surface area contributed by atoms with Crippen molar-refractivity contribution in [3.63, 3.8) is 0 Å². The predicted octanol–water partition coefficient (Wildman–Crippen LogP) is 4.25. The van der Waals surface area contributed by atoms with Gasteiger partial charge < -0.3 is 29.2 Å². The molecule has 3 aromatic carbocycles. The zero-order valence-electron chi connectivity index (χ0n) is 26.2. The first-order valence-electron chi connectivity index (χ1n) is 14.1. The predicted molar refractivity (Wildman–Crippen MR) is 168 cm³/mol. The van der Waals surface area contributed by atoms with Crippen molar-refractivity contribution in [2.45, 2.75) is 50.7 Å². The average molecular weight is 628 g/mol. The summed E-state index contributed by atoms with van der Waals surface area (Å²) >= 11 is 0. The third-order valence-corrected chi connectivity index (χ3v) is 8.64. The largest absolute Gasteiger partial charge is 0.497 e. The lowest BCUT2D eigenvalue weighted by atomic mass is 10.1. The van der Waals surface area contributed by atoms with Crippen molar-refractivity contribution in [1.29, 1.82) is 0 Å². The third kappa shape index (κ3) is 7.93. The van der Waals surface area contributed by atoms with Gasteiger partial charge in [0.1, 0.15) is 24.1 Å². The van der Waals surface area contributed by atoms with Crippen LogP contribution in [0.15, 0.2) is 71.6 Å². The molecule has 0 spiro atoms. The zero-order chi connectivity index (χ0) is 32.4. The Labute approximate surface area is 259 Å². The number of methoxy groups -OCH3 is 4. The van der Waals surface area contributed by atoms with Crippen LogP contribution in [0.1, 0.15) is 32.8 Å².